The number of hydrogen-bond donors (Lipinski definition) is 1. The highest BCUT2D eigenvalue weighted by Crippen LogP contribution is 2.25. The molecular weight excluding hydrogens is 288 g/mol. The van der Waals surface area contributed by atoms with E-state index in [0.717, 1.165) is 25.3 Å². The maximum Gasteiger partial charge on any atom is 0.115 e. The van der Waals surface area contributed by atoms with Crippen LogP contribution in [0.3, 0.4) is 0 Å². The average Bonchev–Trinajstić information content (AvgIpc) is 3.22. The Balaban J connectivity index is 1.58. The summed E-state index contributed by atoms with van der Waals surface area (Å²) in [4.78, 5) is 2.47. The lowest BCUT2D eigenvalue weighted by molar-refractivity contribution is 0.0992. The van der Waals surface area contributed by atoms with Crippen molar-refractivity contribution in [3.8, 4) is 17.0 Å². The first-order valence-corrected chi connectivity index (χ1v) is 8.55. The molecule has 2 aromatic rings. The molecule has 124 valence electrons. The third-order valence-electron chi connectivity index (χ3n) is 4.48. The maximum absolute atomic E-state index is 9.44. The highest BCUT2D eigenvalue weighted by Gasteiger charge is 2.11. The van der Waals surface area contributed by atoms with E-state index in [0.29, 0.717) is 12.4 Å². The fourth-order valence-electron chi connectivity index (χ4n) is 3.18. The van der Waals surface area contributed by atoms with Gasteiger partial charge in [-0.1, -0.05) is 0 Å². The first kappa shape index (κ1) is 16.1. The smallest absolute Gasteiger partial charge is 0.115 e. The molecule has 0 atom stereocenters. The minimum absolute atomic E-state index is 0.300. The summed E-state index contributed by atoms with van der Waals surface area (Å²) in [6.07, 6.45) is 4.82. The lowest BCUT2D eigenvalue weighted by Crippen LogP contribution is -2.23. The molecule has 1 N–H and O–H groups in total. The van der Waals surface area contributed by atoms with Gasteiger partial charge in [0.15, 0.2) is 0 Å². The van der Waals surface area contributed by atoms with E-state index in [9.17, 15) is 5.11 Å². The Hall–Kier alpha value is -1.78. The van der Waals surface area contributed by atoms with Gasteiger partial charge in [0, 0.05) is 25.0 Å². The first-order chi connectivity index (χ1) is 11.3. The molecule has 1 aromatic heterocycles. The second-order valence-electron chi connectivity index (χ2n) is 6.17. The van der Waals surface area contributed by atoms with Gasteiger partial charge in [-0.25, -0.2) is 0 Å². The van der Waals surface area contributed by atoms with E-state index in [1.165, 1.54) is 37.2 Å². The van der Waals surface area contributed by atoms with Crippen molar-refractivity contribution < 1.29 is 9.84 Å². The van der Waals surface area contributed by atoms with E-state index in [4.69, 9.17) is 4.74 Å². The van der Waals surface area contributed by atoms with E-state index in [2.05, 4.69) is 28.7 Å². The molecule has 0 saturated carbocycles. The number of phenols is 1. The summed E-state index contributed by atoms with van der Waals surface area (Å²) >= 11 is 0. The molecule has 4 nitrogen and oxygen atoms in total. The molecule has 1 fully saturated rings. The quantitative estimate of drug-likeness (QED) is 0.795. The normalized spacial score (nSPS) is 15.3. The summed E-state index contributed by atoms with van der Waals surface area (Å²) in [5, 5.41) is 9.44. The van der Waals surface area contributed by atoms with Crippen molar-refractivity contribution in [3.05, 3.63) is 42.1 Å². The molecule has 0 radical (unpaired) electrons. The summed E-state index contributed by atoms with van der Waals surface area (Å²) in [6, 6.07) is 9.55. The Morgan fingerprint density at radius 3 is 2.57 bits per heavy atom. The van der Waals surface area contributed by atoms with Gasteiger partial charge in [0.1, 0.15) is 5.75 Å². The lowest BCUT2D eigenvalue weighted by Gasteiger charge is -2.13. The Morgan fingerprint density at radius 1 is 1.13 bits per heavy atom. The van der Waals surface area contributed by atoms with Crippen LogP contribution in [0.15, 0.2) is 36.5 Å². The second-order valence-corrected chi connectivity index (χ2v) is 6.17. The molecule has 1 aromatic carbocycles. The van der Waals surface area contributed by atoms with Crippen LogP contribution in [0.1, 0.15) is 25.3 Å². The number of benzene rings is 1. The first-order valence-electron chi connectivity index (χ1n) is 8.55. The standard InChI is InChI=1S/C19H26N2O2/c1-2-21-14-16(15-23-12-11-20-9-3-4-10-20)13-19(21)17-5-7-18(22)8-6-17/h5-8,13-14,22H,2-4,9-12,15H2,1H3. The molecule has 23 heavy (non-hydrogen) atoms. The van der Waals surface area contributed by atoms with Crippen molar-refractivity contribution >= 4 is 0 Å². The largest absolute Gasteiger partial charge is 0.508 e. The third kappa shape index (κ3) is 4.15. The molecule has 1 aliphatic heterocycles. The number of ether oxygens (including phenoxy) is 1. The minimum Gasteiger partial charge on any atom is -0.508 e. The third-order valence-corrected chi connectivity index (χ3v) is 4.48. The van der Waals surface area contributed by atoms with E-state index in [1.54, 1.807) is 12.1 Å². The van der Waals surface area contributed by atoms with Crippen LogP contribution in [0.5, 0.6) is 5.75 Å². The van der Waals surface area contributed by atoms with Crippen LogP contribution in [0, 0.1) is 0 Å². The van der Waals surface area contributed by atoms with Crippen LogP contribution < -0.4 is 0 Å². The number of phenolic OH excluding ortho intramolecular Hbond substituents is 1. The van der Waals surface area contributed by atoms with Crippen LogP contribution >= 0.6 is 0 Å². The predicted octanol–water partition coefficient (Wildman–Crippen LogP) is 3.49. The zero-order valence-corrected chi connectivity index (χ0v) is 13.9. The van der Waals surface area contributed by atoms with Crippen molar-refractivity contribution in [2.45, 2.75) is 32.9 Å². The molecule has 0 aliphatic carbocycles. The number of likely N-dealkylation sites (tertiary alicyclic amines) is 1. The topological polar surface area (TPSA) is 37.6 Å². The molecule has 2 heterocycles. The van der Waals surface area contributed by atoms with Crippen LogP contribution in [-0.4, -0.2) is 40.8 Å². The molecule has 4 heteroatoms. The van der Waals surface area contributed by atoms with E-state index >= 15 is 0 Å². The summed E-state index contributed by atoms with van der Waals surface area (Å²) < 4.78 is 8.08. The monoisotopic (exact) mass is 314 g/mol. The van der Waals surface area contributed by atoms with Crippen molar-refractivity contribution in [2.75, 3.05) is 26.2 Å². The fourth-order valence-corrected chi connectivity index (χ4v) is 3.18. The van der Waals surface area contributed by atoms with Gasteiger partial charge in [-0.2, -0.15) is 0 Å². The van der Waals surface area contributed by atoms with Gasteiger partial charge in [0.05, 0.1) is 13.2 Å². The van der Waals surface area contributed by atoms with Crippen LogP contribution in [-0.2, 0) is 17.9 Å². The summed E-state index contributed by atoms with van der Waals surface area (Å²) in [5.74, 6) is 0.300. The van der Waals surface area contributed by atoms with E-state index < -0.39 is 0 Å². The molecule has 3 rings (SSSR count). The number of aromatic nitrogens is 1. The van der Waals surface area contributed by atoms with Gasteiger partial charge in [-0.05, 0) is 74.3 Å². The SMILES string of the molecule is CCn1cc(COCCN2CCCC2)cc1-c1ccc(O)cc1. The molecule has 0 bridgehead atoms. The van der Waals surface area contributed by atoms with Gasteiger partial charge < -0.3 is 19.3 Å². The molecule has 0 amide bonds. The Kier molecular flexibility index (Phi) is 5.36. The van der Waals surface area contributed by atoms with Crippen molar-refractivity contribution in [1.82, 2.24) is 9.47 Å². The average molecular weight is 314 g/mol. The Labute approximate surface area is 138 Å². The van der Waals surface area contributed by atoms with Gasteiger partial charge in [-0.3, -0.25) is 0 Å². The van der Waals surface area contributed by atoms with Crippen LogP contribution in [0.4, 0.5) is 0 Å². The van der Waals surface area contributed by atoms with Crippen molar-refractivity contribution in [3.63, 3.8) is 0 Å². The number of nitrogens with zero attached hydrogens (tertiary/aromatic N) is 2. The number of aryl methyl sites for hydroxylation is 1. The summed E-state index contributed by atoms with van der Waals surface area (Å²) in [5.41, 5.74) is 3.50. The zero-order chi connectivity index (χ0) is 16.1. The fraction of sp³-hybridized carbons (Fsp3) is 0.474. The van der Waals surface area contributed by atoms with Gasteiger partial charge in [0.2, 0.25) is 0 Å². The Morgan fingerprint density at radius 2 is 1.87 bits per heavy atom. The molecule has 0 spiro atoms. The van der Waals surface area contributed by atoms with Crippen molar-refractivity contribution in [1.29, 1.82) is 0 Å². The van der Waals surface area contributed by atoms with Crippen molar-refractivity contribution in [2.24, 2.45) is 0 Å². The number of aromatic hydroxyl groups is 1. The van der Waals surface area contributed by atoms with Crippen LogP contribution in [0.2, 0.25) is 0 Å². The Bertz CT molecular complexity index is 613. The van der Waals surface area contributed by atoms with Gasteiger partial charge >= 0.3 is 0 Å². The second kappa shape index (κ2) is 7.66. The molecule has 1 saturated heterocycles. The summed E-state index contributed by atoms with van der Waals surface area (Å²) in [6.45, 7) is 8.00. The zero-order valence-electron chi connectivity index (χ0n) is 13.9. The lowest BCUT2D eigenvalue weighted by atomic mass is 10.1. The molecular formula is C19H26N2O2. The highest BCUT2D eigenvalue weighted by atomic mass is 16.5. The predicted molar refractivity (Wildman–Crippen MR) is 92.5 cm³/mol. The minimum atomic E-state index is 0.300. The summed E-state index contributed by atoms with van der Waals surface area (Å²) in [7, 11) is 0. The molecule has 1 aliphatic rings. The van der Waals surface area contributed by atoms with E-state index in [-0.39, 0.29) is 0 Å². The van der Waals surface area contributed by atoms with Gasteiger partial charge in [0.25, 0.3) is 0 Å². The highest BCUT2D eigenvalue weighted by molar-refractivity contribution is 5.62. The van der Waals surface area contributed by atoms with Gasteiger partial charge in [-0.15, -0.1) is 0 Å². The van der Waals surface area contributed by atoms with E-state index in [1.807, 2.05) is 12.1 Å². The maximum atomic E-state index is 9.44. The number of rotatable bonds is 7. The van der Waals surface area contributed by atoms with Crippen LogP contribution in [0.25, 0.3) is 11.3 Å². The number of hydrogen-bond acceptors (Lipinski definition) is 3. The molecule has 0 unspecified atom stereocenters.